The first-order valence-electron chi connectivity index (χ1n) is 5.65. The lowest BCUT2D eigenvalue weighted by atomic mass is 9.93. The predicted octanol–water partition coefficient (Wildman–Crippen LogP) is 2.29. The van der Waals surface area contributed by atoms with E-state index in [1.54, 1.807) is 6.20 Å². The molecule has 1 saturated heterocycles. The Bertz CT molecular complexity index is 337. The van der Waals surface area contributed by atoms with Crippen molar-refractivity contribution in [2.75, 3.05) is 17.2 Å². The van der Waals surface area contributed by atoms with Crippen LogP contribution in [0.25, 0.3) is 0 Å². The fourth-order valence-corrected chi connectivity index (χ4v) is 2.42. The summed E-state index contributed by atoms with van der Waals surface area (Å²) in [5.74, 6) is 1.48. The second kappa shape index (κ2) is 4.09. The Morgan fingerprint density at radius 2 is 2.27 bits per heavy atom. The van der Waals surface area contributed by atoms with Crippen LogP contribution in [0.3, 0.4) is 0 Å². The molecule has 0 radical (unpaired) electrons. The summed E-state index contributed by atoms with van der Waals surface area (Å²) in [4.78, 5) is 6.52. The Balaban J connectivity index is 2.20. The molecule has 1 aliphatic heterocycles. The minimum atomic E-state index is 0.570. The van der Waals surface area contributed by atoms with E-state index in [2.05, 4.69) is 29.8 Å². The fraction of sp³-hybridized carbons (Fsp3) is 0.583. The molecule has 2 unspecified atom stereocenters. The van der Waals surface area contributed by atoms with E-state index in [4.69, 9.17) is 5.73 Å². The average molecular weight is 205 g/mol. The topological polar surface area (TPSA) is 42.2 Å². The van der Waals surface area contributed by atoms with Gasteiger partial charge in [0.15, 0.2) is 0 Å². The van der Waals surface area contributed by atoms with E-state index in [9.17, 15) is 0 Å². The van der Waals surface area contributed by atoms with Gasteiger partial charge in [-0.25, -0.2) is 4.98 Å². The van der Waals surface area contributed by atoms with Crippen LogP contribution in [0.15, 0.2) is 18.3 Å². The molecule has 82 valence electrons. The third-order valence-corrected chi connectivity index (χ3v) is 3.26. The number of hydrogen-bond donors (Lipinski definition) is 1. The van der Waals surface area contributed by atoms with Gasteiger partial charge < -0.3 is 10.6 Å². The van der Waals surface area contributed by atoms with E-state index in [1.807, 2.05) is 6.07 Å². The van der Waals surface area contributed by atoms with Gasteiger partial charge in [0.1, 0.15) is 5.82 Å². The van der Waals surface area contributed by atoms with E-state index in [1.165, 1.54) is 12.8 Å². The highest BCUT2D eigenvalue weighted by Gasteiger charge is 2.24. The van der Waals surface area contributed by atoms with Crippen molar-refractivity contribution in [3.8, 4) is 0 Å². The number of nitrogen functional groups attached to an aromatic ring is 1. The molecule has 2 rings (SSSR count). The van der Waals surface area contributed by atoms with Crippen LogP contribution in [0.4, 0.5) is 11.5 Å². The number of aromatic nitrogens is 1. The zero-order chi connectivity index (χ0) is 10.8. The Hall–Kier alpha value is -1.25. The highest BCUT2D eigenvalue weighted by Crippen LogP contribution is 2.30. The van der Waals surface area contributed by atoms with Gasteiger partial charge in [-0.05, 0) is 37.8 Å². The molecule has 1 aliphatic rings. The first kappa shape index (κ1) is 10.3. The number of rotatable bonds is 1. The number of pyridine rings is 1. The Morgan fingerprint density at radius 3 is 2.93 bits per heavy atom. The highest BCUT2D eigenvalue weighted by atomic mass is 15.2. The van der Waals surface area contributed by atoms with Crippen molar-refractivity contribution < 1.29 is 0 Å². The summed E-state index contributed by atoms with van der Waals surface area (Å²) < 4.78 is 0. The number of piperidine rings is 1. The van der Waals surface area contributed by atoms with Crippen molar-refractivity contribution in [1.82, 2.24) is 4.98 Å². The van der Waals surface area contributed by atoms with Crippen LogP contribution in [0.5, 0.6) is 0 Å². The lowest BCUT2D eigenvalue weighted by Gasteiger charge is -2.38. The van der Waals surface area contributed by atoms with Crippen LogP contribution in [-0.2, 0) is 0 Å². The van der Waals surface area contributed by atoms with Gasteiger partial charge in [0.05, 0.1) is 5.69 Å². The van der Waals surface area contributed by atoms with Gasteiger partial charge in [-0.1, -0.05) is 6.92 Å². The van der Waals surface area contributed by atoms with Crippen molar-refractivity contribution in [2.45, 2.75) is 32.7 Å². The zero-order valence-electron chi connectivity index (χ0n) is 9.48. The van der Waals surface area contributed by atoms with E-state index in [0.29, 0.717) is 11.9 Å². The van der Waals surface area contributed by atoms with Gasteiger partial charge in [-0.15, -0.1) is 0 Å². The largest absolute Gasteiger partial charge is 0.382 e. The quantitative estimate of drug-likeness (QED) is 0.765. The van der Waals surface area contributed by atoms with Crippen LogP contribution in [-0.4, -0.2) is 17.6 Å². The highest BCUT2D eigenvalue weighted by molar-refractivity contribution is 5.63. The summed E-state index contributed by atoms with van der Waals surface area (Å²) in [6.07, 6.45) is 4.24. The zero-order valence-corrected chi connectivity index (χ0v) is 9.48. The van der Waals surface area contributed by atoms with Crippen LogP contribution in [0, 0.1) is 5.92 Å². The second-order valence-electron chi connectivity index (χ2n) is 4.58. The Labute approximate surface area is 91.3 Å². The number of nitrogens with two attached hydrogens (primary N) is 1. The molecule has 3 heteroatoms. The lowest BCUT2D eigenvalue weighted by Crippen LogP contribution is -2.40. The number of nitrogens with zero attached hydrogens (tertiary/aromatic N) is 2. The minimum Gasteiger partial charge on any atom is -0.382 e. The van der Waals surface area contributed by atoms with Gasteiger partial charge in [0.25, 0.3) is 0 Å². The minimum absolute atomic E-state index is 0.570. The molecule has 2 heterocycles. The second-order valence-corrected chi connectivity index (χ2v) is 4.58. The van der Waals surface area contributed by atoms with Crippen LogP contribution >= 0.6 is 0 Å². The molecular weight excluding hydrogens is 186 g/mol. The van der Waals surface area contributed by atoms with Gasteiger partial charge in [-0.3, -0.25) is 0 Å². The van der Waals surface area contributed by atoms with Crippen molar-refractivity contribution in [2.24, 2.45) is 5.92 Å². The fourth-order valence-electron chi connectivity index (χ4n) is 2.42. The predicted molar refractivity (Wildman–Crippen MR) is 63.9 cm³/mol. The summed E-state index contributed by atoms with van der Waals surface area (Å²) in [5.41, 5.74) is 6.99. The maximum atomic E-state index is 5.90. The standard InChI is InChI=1S/C12H19N3/c1-9-5-7-15(10(2)8-9)11-4-3-6-14-12(11)13/h3-4,6,9-10H,5,7-8H2,1-2H3,(H2,13,14). The van der Waals surface area contributed by atoms with Gasteiger partial charge >= 0.3 is 0 Å². The molecule has 1 fully saturated rings. The van der Waals surface area contributed by atoms with Crippen molar-refractivity contribution in [3.05, 3.63) is 18.3 Å². The van der Waals surface area contributed by atoms with Crippen molar-refractivity contribution >= 4 is 11.5 Å². The summed E-state index contributed by atoms with van der Waals surface area (Å²) >= 11 is 0. The number of hydrogen-bond acceptors (Lipinski definition) is 3. The van der Waals surface area contributed by atoms with Crippen LogP contribution < -0.4 is 10.6 Å². The van der Waals surface area contributed by atoms with E-state index in [0.717, 1.165) is 18.2 Å². The van der Waals surface area contributed by atoms with Crippen LogP contribution in [0.1, 0.15) is 26.7 Å². The molecule has 0 amide bonds. The smallest absolute Gasteiger partial charge is 0.146 e. The van der Waals surface area contributed by atoms with E-state index < -0.39 is 0 Å². The maximum absolute atomic E-state index is 5.90. The molecule has 1 aromatic heterocycles. The average Bonchev–Trinajstić information content (AvgIpc) is 2.20. The summed E-state index contributed by atoms with van der Waals surface area (Å²) in [6, 6.07) is 4.59. The summed E-state index contributed by atoms with van der Waals surface area (Å²) in [6.45, 7) is 5.68. The maximum Gasteiger partial charge on any atom is 0.146 e. The van der Waals surface area contributed by atoms with Gasteiger partial charge in [0, 0.05) is 18.8 Å². The molecule has 2 atom stereocenters. The first-order chi connectivity index (χ1) is 7.18. The molecule has 2 N–H and O–H groups in total. The third kappa shape index (κ3) is 2.06. The molecule has 0 saturated carbocycles. The van der Waals surface area contributed by atoms with Gasteiger partial charge in [-0.2, -0.15) is 0 Å². The SMILES string of the molecule is CC1CCN(c2cccnc2N)C(C)C1. The molecule has 1 aromatic rings. The molecule has 15 heavy (non-hydrogen) atoms. The molecule has 0 bridgehead atoms. The summed E-state index contributed by atoms with van der Waals surface area (Å²) in [5, 5.41) is 0. The lowest BCUT2D eigenvalue weighted by molar-refractivity contribution is 0.378. The monoisotopic (exact) mass is 205 g/mol. The number of anilines is 2. The normalized spacial score (nSPS) is 26.7. The Morgan fingerprint density at radius 1 is 1.47 bits per heavy atom. The summed E-state index contributed by atoms with van der Waals surface area (Å²) in [7, 11) is 0. The molecule has 0 aromatic carbocycles. The third-order valence-electron chi connectivity index (χ3n) is 3.26. The van der Waals surface area contributed by atoms with Crippen molar-refractivity contribution in [1.29, 1.82) is 0 Å². The molecule has 3 nitrogen and oxygen atoms in total. The van der Waals surface area contributed by atoms with E-state index in [-0.39, 0.29) is 0 Å². The van der Waals surface area contributed by atoms with Crippen LogP contribution in [0.2, 0.25) is 0 Å². The van der Waals surface area contributed by atoms with Gasteiger partial charge in [0.2, 0.25) is 0 Å². The molecule has 0 aliphatic carbocycles. The first-order valence-corrected chi connectivity index (χ1v) is 5.65. The van der Waals surface area contributed by atoms with Crippen molar-refractivity contribution in [3.63, 3.8) is 0 Å². The Kier molecular flexibility index (Phi) is 2.80. The molecular formula is C12H19N3. The molecule has 0 spiro atoms. The van der Waals surface area contributed by atoms with E-state index >= 15 is 0 Å².